The molecule has 0 saturated carbocycles. The van der Waals surface area contributed by atoms with Crippen molar-refractivity contribution in [2.45, 2.75) is 32.0 Å². The Bertz CT molecular complexity index is 471. The highest BCUT2D eigenvalue weighted by Gasteiger charge is 2.36. The average molecular weight is 296 g/mol. The van der Waals surface area contributed by atoms with Crippen molar-refractivity contribution < 1.29 is 13.2 Å². The number of alkyl halides is 3. The first-order valence-corrected chi connectivity index (χ1v) is 7.20. The van der Waals surface area contributed by atoms with Gasteiger partial charge in [-0.2, -0.15) is 18.4 Å². The standard InChI is InChI=1S/C16H19F3N2/c17-16(18,19)10-15(11-20)14-6-8-21(9-7-14)12-13-4-2-1-3-5-13/h1-5,14-15H,6-10,12H2. The number of hydrogen-bond acceptors (Lipinski definition) is 2. The Morgan fingerprint density at radius 3 is 2.33 bits per heavy atom. The van der Waals surface area contributed by atoms with Crippen LogP contribution < -0.4 is 0 Å². The van der Waals surface area contributed by atoms with Gasteiger partial charge >= 0.3 is 6.18 Å². The average Bonchev–Trinajstić information content (AvgIpc) is 2.46. The number of nitrogens with zero attached hydrogens (tertiary/aromatic N) is 2. The predicted molar refractivity (Wildman–Crippen MR) is 74.2 cm³/mol. The Balaban J connectivity index is 1.84. The maximum atomic E-state index is 12.5. The lowest BCUT2D eigenvalue weighted by molar-refractivity contribution is -0.145. The Labute approximate surface area is 123 Å². The third-order valence-corrected chi connectivity index (χ3v) is 4.07. The van der Waals surface area contributed by atoms with Gasteiger partial charge in [0.25, 0.3) is 0 Å². The van der Waals surface area contributed by atoms with E-state index < -0.39 is 18.5 Å². The van der Waals surface area contributed by atoms with Crippen LogP contribution in [0, 0.1) is 23.2 Å². The highest BCUT2D eigenvalue weighted by molar-refractivity contribution is 5.14. The Kier molecular flexibility index (Phi) is 5.24. The van der Waals surface area contributed by atoms with Gasteiger partial charge in [-0.3, -0.25) is 4.90 Å². The van der Waals surface area contributed by atoms with E-state index in [-0.39, 0.29) is 5.92 Å². The Hall–Kier alpha value is -1.54. The molecule has 1 aromatic rings. The molecule has 1 fully saturated rings. The fraction of sp³-hybridized carbons (Fsp3) is 0.562. The fourth-order valence-electron chi connectivity index (χ4n) is 2.92. The van der Waals surface area contributed by atoms with Gasteiger partial charge in [0.15, 0.2) is 0 Å². The van der Waals surface area contributed by atoms with Crippen LogP contribution in [0.2, 0.25) is 0 Å². The van der Waals surface area contributed by atoms with Crippen LogP contribution in [-0.4, -0.2) is 24.2 Å². The number of piperidine rings is 1. The normalized spacial score (nSPS) is 19.1. The van der Waals surface area contributed by atoms with Crippen LogP contribution in [0.4, 0.5) is 13.2 Å². The minimum atomic E-state index is -4.25. The van der Waals surface area contributed by atoms with E-state index in [1.165, 1.54) is 5.56 Å². The molecule has 2 nitrogen and oxygen atoms in total. The van der Waals surface area contributed by atoms with Gasteiger partial charge in [-0.1, -0.05) is 30.3 Å². The predicted octanol–water partition coefficient (Wildman–Crippen LogP) is 3.99. The molecule has 0 aliphatic carbocycles. The van der Waals surface area contributed by atoms with Crippen LogP contribution in [0.15, 0.2) is 30.3 Å². The lowest BCUT2D eigenvalue weighted by atomic mass is 9.83. The summed E-state index contributed by atoms with van der Waals surface area (Å²) in [6.45, 7) is 2.34. The number of halogens is 3. The van der Waals surface area contributed by atoms with Gasteiger partial charge in [0, 0.05) is 6.54 Å². The van der Waals surface area contributed by atoms with Crippen LogP contribution >= 0.6 is 0 Å². The Morgan fingerprint density at radius 2 is 1.81 bits per heavy atom. The summed E-state index contributed by atoms with van der Waals surface area (Å²) in [5.41, 5.74) is 1.21. The van der Waals surface area contributed by atoms with Crippen LogP contribution in [0.3, 0.4) is 0 Å². The zero-order valence-electron chi connectivity index (χ0n) is 11.8. The zero-order chi connectivity index (χ0) is 15.3. The largest absolute Gasteiger partial charge is 0.390 e. The SMILES string of the molecule is N#CC(CC(F)(F)F)C1CCN(Cc2ccccc2)CC1. The highest BCUT2D eigenvalue weighted by Crippen LogP contribution is 2.33. The summed E-state index contributed by atoms with van der Waals surface area (Å²) in [5.74, 6) is -1.03. The highest BCUT2D eigenvalue weighted by atomic mass is 19.4. The third-order valence-electron chi connectivity index (χ3n) is 4.07. The van der Waals surface area contributed by atoms with Crippen molar-refractivity contribution in [3.8, 4) is 6.07 Å². The molecule has 21 heavy (non-hydrogen) atoms. The van der Waals surface area contributed by atoms with E-state index in [1.54, 1.807) is 0 Å². The monoisotopic (exact) mass is 296 g/mol. The lowest BCUT2D eigenvalue weighted by Gasteiger charge is -2.34. The van der Waals surface area contributed by atoms with E-state index in [4.69, 9.17) is 5.26 Å². The molecule has 1 saturated heterocycles. The van der Waals surface area contributed by atoms with Gasteiger partial charge in [-0.05, 0) is 37.4 Å². The first-order valence-electron chi connectivity index (χ1n) is 7.20. The van der Waals surface area contributed by atoms with Gasteiger partial charge in [0.05, 0.1) is 18.4 Å². The van der Waals surface area contributed by atoms with Crippen molar-refractivity contribution in [3.63, 3.8) is 0 Å². The van der Waals surface area contributed by atoms with E-state index in [2.05, 4.69) is 4.90 Å². The maximum absolute atomic E-state index is 12.5. The molecular weight excluding hydrogens is 277 g/mol. The van der Waals surface area contributed by atoms with E-state index in [1.807, 2.05) is 36.4 Å². The lowest BCUT2D eigenvalue weighted by Crippen LogP contribution is -2.36. The smallest absolute Gasteiger partial charge is 0.299 e. The molecule has 0 radical (unpaired) electrons. The van der Waals surface area contributed by atoms with E-state index >= 15 is 0 Å². The van der Waals surface area contributed by atoms with E-state index in [9.17, 15) is 13.2 Å². The van der Waals surface area contributed by atoms with Gasteiger partial charge in [0.1, 0.15) is 0 Å². The molecule has 0 N–H and O–H groups in total. The molecule has 1 aliphatic heterocycles. The van der Waals surface area contributed by atoms with Crippen molar-refractivity contribution in [3.05, 3.63) is 35.9 Å². The number of nitriles is 1. The van der Waals surface area contributed by atoms with Crippen molar-refractivity contribution in [2.75, 3.05) is 13.1 Å². The second kappa shape index (κ2) is 6.95. The van der Waals surface area contributed by atoms with Crippen molar-refractivity contribution in [1.29, 1.82) is 5.26 Å². The van der Waals surface area contributed by atoms with Gasteiger partial charge in [0.2, 0.25) is 0 Å². The third kappa shape index (κ3) is 5.05. The summed E-state index contributed by atoms with van der Waals surface area (Å²) in [6, 6.07) is 11.9. The summed E-state index contributed by atoms with van der Waals surface area (Å²) < 4.78 is 37.4. The first kappa shape index (κ1) is 15.8. The van der Waals surface area contributed by atoms with Crippen LogP contribution in [0.5, 0.6) is 0 Å². The van der Waals surface area contributed by atoms with Crippen molar-refractivity contribution in [2.24, 2.45) is 11.8 Å². The Morgan fingerprint density at radius 1 is 1.19 bits per heavy atom. The minimum Gasteiger partial charge on any atom is -0.299 e. The molecule has 0 amide bonds. The quantitative estimate of drug-likeness (QED) is 0.840. The number of rotatable bonds is 4. The summed E-state index contributed by atoms with van der Waals surface area (Å²) >= 11 is 0. The van der Waals surface area contributed by atoms with E-state index in [0.717, 1.165) is 19.6 Å². The number of benzene rings is 1. The molecule has 1 aromatic carbocycles. The maximum Gasteiger partial charge on any atom is 0.390 e. The molecular formula is C16H19F3N2. The summed E-state index contributed by atoms with van der Waals surface area (Å²) in [6.07, 6.45) is -3.89. The molecule has 1 unspecified atom stereocenters. The van der Waals surface area contributed by atoms with Gasteiger partial charge in [-0.15, -0.1) is 0 Å². The molecule has 0 bridgehead atoms. The first-order chi connectivity index (χ1) is 9.98. The van der Waals surface area contributed by atoms with E-state index in [0.29, 0.717) is 12.8 Å². The molecule has 1 aliphatic rings. The summed E-state index contributed by atoms with van der Waals surface area (Å²) in [5, 5.41) is 8.98. The van der Waals surface area contributed by atoms with Crippen molar-refractivity contribution >= 4 is 0 Å². The molecule has 2 rings (SSSR count). The summed E-state index contributed by atoms with van der Waals surface area (Å²) in [4.78, 5) is 2.24. The van der Waals surface area contributed by atoms with Crippen LogP contribution in [0.1, 0.15) is 24.8 Å². The van der Waals surface area contributed by atoms with Crippen LogP contribution in [-0.2, 0) is 6.54 Å². The van der Waals surface area contributed by atoms with Gasteiger partial charge in [-0.25, -0.2) is 0 Å². The van der Waals surface area contributed by atoms with Crippen molar-refractivity contribution in [1.82, 2.24) is 4.90 Å². The molecule has 1 heterocycles. The molecule has 0 spiro atoms. The van der Waals surface area contributed by atoms with Crippen LogP contribution in [0.25, 0.3) is 0 Å². The molecule has 5 heteroatoms. The molecule has 1 atom stereocenters. The topological polar surface area (TPSA) is 27.0 Å². The van der Waals surface area contributed by atoms with Gasteiger partial charge < -0.3 is 0 Å². The minimum absolute atomic E-state index is 0.136. The fourth-order valence-corrected chi connectivity index (χ4v) is 2.92. The number of hydrogen-bond donors (Lipinski definition) is 0. The zero-order valence-corrected chi connectivity index (χ0v) is 11.8. The summed E-state index contributed by atoms with van der Waals surface area (Å²) in [7, 11) is 0. The second-order valence-electron chi connectivity index (χ2n) is 5.65. The number of likely N-dealkylation sites (tertiary alicyclic amines) is 1. The second-order valence-corrected chi connectivity index (χ2v) is 5.65. The molecule has 0 aromatic heterocycles. The molecule has 114 valence electrons.